The van der Waals surface area contributed by atoms with Crippen LogP contribution in [0.1, 0.15) is 56.4 Å². The Labute approximate surface area is 215 Å². The highest BCUT2D eigenvalue weighted by molar-refractivity contribution is 14.0. The van der Waals surface area contributed by atoms with Crippen LogP contribution in [-0.4, -0.2) is 80.8 Å². The Morgan fingerprint density at radius 1 is 1.19 bits per heavy atom. The second kappa shape index (κ2) is 12.9. The maximum atomic E-state index is 5.71. The molecule has 1 atom stereocenters. The number of likely N-dealkylation sites (tertiary alicyclic amines) is 2. The summed E-state index contributed by atoms with van der Waals surface area (Å²) >= 11 is 1.87. The van der Waals surface area contributed by atoms with Crippen LogP contribution in [-0.2, 0) is 4.74 Å². The number of halogens is 1. The number of hydrogen-bond donors (Lipinski definition) is 2. The first-order valence-corrected chi connectivity index (χ1v) is 13.1. The summed E-state index contributed by atoms with van der Waals surface area (Å²) in [5.74, 6) is 1.78. The van der Waals surface area contributed by atoms with E-state index in [0.29, 0.717) is 6.04 Å². The van der Waals surface area contributed by atoms with E-state index in [-0.39, 0.29) is 29.5 Å². The van der Waals surface area contributed by atoms with Crippen LogP contribution in [0.2, 0.25) is 0 Å². The topological polar surface area (TPSA) is 52.1 Å². The zero-order chi connectivity index (χ0) is 21.5. The molecule has 182 valence electrons. The van der Waals surface area contributed by atoms with Gasteiger partial charge in [0.1, 0.15) is 0 Å². The highest BCUT2D eigenvalue weighted by atomic mass is 127. The predicted octanol–water partition coefficient (Wildman–Crippen LogP) is 3.95. The lowest BCUT2D eigenvalue weighted by Crippen LogP contribution is -2.58. The third-order valence-electron chi connectivity index (χ3n) is 7.60. The molecule has 0 bridgehead atoms. The summed E-state index contributed by atoms with van der Waals surface area (Å²) in [5, 5.41) is 9.56. The van der Waals surface area contributed by atoms with E-state index < -0.39 is 0 Å². The second-order valence-electron chi connectivity index (χ2n) is 9.59. The van der Waals surface area contributed by atoms with Gasteiger partial charge in [-0.2, -0.15) is 0 Å². The van der Waals surface area contributed by atoms with Crippen molar-refractivity contribution in [3.63, 3.8) is 0 Å². The van der Waals surface area contributed by atoms with E-state index in [0.717, 1.165) is 51.0 Å². The van der Waals surface area contributed by atoms with Crippen molar-refractivity contribution in [3.8, 4) is 0 Å². The highest BCUT2D eigenvalue weighted by Crippen LogP contribution is 2.31. The van der Waals surface area contributed by atoms with Gasteiger partial charge in [0.15, 0.2) is 5.96 Å². The fourth-order valence-electron chi connectivity index (χ4n) is 5.44. The molecule has 6 nitrogen and oxygen atoms in total. The van der Waals surface area contributed by atoms with Crippen molar-refractivity contribution in [1.82, 2.24) is 20.4 Å². The third kappa shape index (κ3) is 6.58. The molecular formula is C24H42IN5OS. The minimum atomic E-state index is 0. The number of ether oxygens (including phenoxy) is 1. The van der Waals surface area contributed by atoms with E-state index in [4.69, 9.17) is 4.74 Å². The van der Waals surface area contributed by atoms with E-state index in [1.54, 1.807) is 0 Å². The summed E-state index contributed by atoms with van der Waals surface area (Å²) in [6.07, 6.45) is 7.48. The molecule has 8 heteroatoms. The SMILES string of the molecule is CN=C(NCC(c1cccs1)N1CCC(C)CC1)NCC1(N2CCCC2)CCOCC1.I. The van der Waals surface area contributed by atoms with Crippen LogP contribution >= 0.6 is 35.3 Å². The number of aliphatic imine (C=N–C) groups is 1. The summed E-state index contributed by atoms with van der Waals surface area (Å²) in [5.41, 5.74) is 0.211. The molecule has 2 N–H and O–H groups in total. The molecule has 0 amide bonds. The maximum Gasteiger partial charge on any atom is 0.191 e. The molecule has 1 aromatic rings. The lowest BCUT2D eigenvalue weighted by Gasteiger charge is -2.45. The quantitative estimate of drug-likeness (QED) is 0.293. The van der Waals surface area contributed by atoms with Gasteiger partial charge in [-0.3, -0.25) is 14.8 Å². The average molecular weight is 576 g/mol. The number of rotatable bonds is 7. The van der Waals surface area contributed by atoms with E-state index in [9.17, 15) is 0 Å². The number of hydrogen-bond acceptors (Lipinski definition) is 5. The first-order valence-electron chi connectivity index (χ1n) is 12.2. The Hall–Kier alpha value is -0.420. The molecule has 3 aliphatic rings. The zero-order valence-electron chi connectivity index (χ0n) is 19.9. The number of guanidine groups is 1. The predicted molar refractivity (Wildman–Crippen MR) is 145 cm³/mol. The molecule has 3 aliphatic heterocycles. The van der Waals surface area contributed by atoms with Gasteiger partial charge < -0.3 is 15.4 Å². The Bertz CT molecular complexity index is 681. The van der Waals surface area contributed by atoms with E-state index >= 15 is 0 Å². The zero-order valence-corrected chi connectivity index (χ0v) is 23.0. The van der Waals surface area contributed by atoms with Crippen molar-refractivity contribution >= 4 is 41.3 Å². The fourth-order valence-corrected chi connectivity index (χ4v) is 6.30. The largest absolute Gasteiger partial charge is 0.381 e. The lowest BCUT2D eigenvalue weighted by atomic mass is 9.88. The van der Waals surface area contributed by atoms with Gasteiger partial charge >= 0.3 is 0 Å². The van der Waals surface area contributed by atoms with Gasteiger partial charge in [0.2, 0.25) is 0 Å². The highest BCUT2D eigenvalue weighted by Gasteiger charge is 2.39. The second-order valence-corrected chi connectivity index (χ2v) is 10.6. The van der Waals surface area contributed by atoms with Crippen LogP contribution < -0.4 is 10.6 Å². The van der Waals surface area contributed by atoms with Crippen LogP contribution in [0.25, 0.3) is 0 Å². The molecule has 3 saturated heterocycles. The molecule has 4 rings (SSSR count). The molecule has 0 spiro atoms. The van der Waals surface area contributed by atoms with Crippen molar-refractivity contribution in [2.75, 3.05) is 59.5 Å². The van der Waals surface area contributed by atoms with Gasteiger partial charge in [-0.05, 0) is 82.1 Å². The van der Waals surface area contributed by atoms with Gasteiger partial charge in [-0.1, -0.05) is 13.0 Å². The molecule has 1 aromatic heterocycles. The standard InChI is InChI=1S/C24H41N5OS.HI/c1-20-7-13-28(14-8-20)21(22-6-5-17-31-22)18-26-23(25-2)27-19-24(9-15-30-16-10-24)29-11-3-4-12-29;/h5-6,17,20-21H,3-4,7-16,18-19H2,1-2H3,(H2,25,26,27);1H. The van der Waals surface area contributed by atoms with Gasteiger partial charge in [-0.15, -0.1) is 35.3 Å². The van der Waals surface area contributed by atoms with Crippen LogP contribution in [0.5, 0.6) is 0 Å². The average Bonchev–Trinajstić information content (AvgIpc) is 3.53. The van der Waals surface area contributed by atoms with Crippen LogP contribution in [0.4, 0.5) is 0 Å². The smallest absolute Gasteiger partial charge is 0.191 e. The minimum absolute atomic E-state index is 0. The Morgan fingerprint density at radius 3 is 2.53 bits per heavy atom. The Kier molecular flexibility index (Phi) is 10.5. The normalized spacial score (nSPS) is 24.1. The van der Waals surface area contributed by atoms with Crippen LogP contribution in [0.15, 0.2) is 22.5 Å². The molecule has 1 unspecified atom stereocenters. The van der Waals surface area contributed by atoms with Crippen LogP contribution in [0, 0.1) is 5.92 Å². The third-order valence-corrected chi connectivity index (χ3v) is 8.58. The van der Waals surface area contributed by atoms with Gasteiger partial charge in [-0.25, -0.2) is 0 Å². The summed E-state index contributed by atoms with van der Waals surface area (Å²) in [7, 11) is 1.89. The number of piperidine rings is 1. The first kappa shape index (κ1) is 26.2. The molecule has 0 radical (unpaired) electrons. The summed E-state index contributed by atoms with van der Waals surface area (Å²) in [6, 6.07) is 4.88. The fraction of sp³-hybridized carbons (Fsp3) is 0.792. The van der Waals surface area contributed by atoms with Gasteiger partial charge in [0, 0.05) is 43.8 Å². The van der Waals surface area contributed by atoms with Crippen molar-refractivity contribution < 1.29 is 4.74 Å². The van der Waals surface area contributed by atoms with Gasteiger partial charge in [0.05, 0.1) is 6.04 Å². The minimum Gasteiger partial charge on any atom is -0.381 e. The molecule has 32 heavy (non-hydrogen) atoms. The lowest BCUT2D eigenvalue weighted by molar-refractivity contribution is -0.0164. The number of nitrogens with one attached hydrogen (secondary N) is 2. The first-order chi connectivity index (χ1) is 15.2. The summed E-state index contributed by atoms with van der Waals surface area (Å²) in [4.78, 5) is 11.4. The van der Waals surface area contributed by atoms with Crippen molar-refractivity contribution in [2.24, 2.45) is 10.9 Å². The van der Waals surface area contributed by atoms with Gasteiger partial charge in [0.25, 0.3) is 0 Å². The molecule has 0 aliphatic carbocycles. The number of nitrogens with zero attached hydrogens (tertiary/aromatic N) is 3. The van der Waals surface area contributed by atoms with Crippen molar-refractivity contribution in [1.29, 1.82) is 0 Å². The molecule has 0 saturated carbocycles. The number of thiophene rings is 1. The Balaban J connectivity index is 0.00000289. The van der Waals surface area contributed by atoms with Crippen molar-refractivity contribution in [2.45, 2.75) is 57.0 Å². The molecule has 4 heterocycles. The van der Waals surface area contributed by atoms with E-state index in [1.807, 2.05) is 18.4 Å². The van der Waals surface area contributed by atoms with Crippen molar-refractivity contribution in [3.05, 3.63) is 22.4 Å². The van der Waals surface area contributed by atoms with Crippen LogP contribution in [0.3, 0.4) is 0 Å². The Morgan fingerprint density at radius 2 is 1.91 bits per heavy atom. The summed E-state index contributed by atoms with van der Waals surface area (Å²) in [6.45, 7) is 10.8. The van der Waals surface area contributed by atoms with E-state index in [1.165, 1.54) is 56.7 Å². The molecule has 0 aromatic carbocycles. The molecular weight excluding hydrogens is 533 g/mol. The summed E-state index contributed by atoms with van der Waals surface area (Å²) < 4.78 is 5.71. The molecule has 3 fully saturated rings. The maximum absolute atomic E-state index is 5.71. The van der Waals surface area contributed by atoms with E-state index in [2.05, 4.69) is 49.9 Å². The monoisotopic (exact) mass is 575 g/mol.